The maximum absolute atomic E-state index is 12.5. The van der Waals surface area contributed by atoms with Gasteiger partial charge in [0, 0.05) is 26.3 Å². The second-order valence-electron chi connectivity index (χ2n) is 5.38. The molecule has 0 radical (unpaired) electrons. The van der Waals surface area contributed by atoms with E-state index in [0.29, 0.717) is 19.7 Å². The highest BCUT2D eigenvalue weighted by Gasteiger charge is 2.20. The molecule has 0 spiro atoms. The van der Waals surface area contributed by atoms with E-state index in [4.69, 9.17) is 14.3 Å². The third-order valence-corrected chi connectivity index (χ3v) is 3.65. The van der Waals surface area contributed by atoms with Gasteiger partial charge < -0.3 is 19.2 Å². The van der Waals surface area contributed by atoms with Crippen molar-refractivity contribution in [2.45, 2.75) is 12.8 Å². The average Bonchev–Trinajstić information content (AvgIpc) is 3.08. The van der Waals surface area contributed by atoms with E-state index < -0.39 is 5.97 Å². The Labute approximate surface area is 140 Å². The molecule has 0 unspecified atom stereocenters. The molecule has 0 aliphatic rings. The fraction of sp³-hybridized carbons (Fsp3) is 0.333. The van der Waals surface area contributed by atoms with Crippen LogP contribution >= 0.6 is 0 Å². The maximum atomic E-state index is 12.5. The van der Waals surface area contributed by atoms with E-state index in [1.807, 2.05) is 30.3 Å². The lowest BCUT2D eigenvalue weighted by Crippen LogP contribution is -2.34. The summed E-state index contributed by atoms with van der Waals surface area (Å²) in [5.41, 5.74) is 1.18. The SMILES string of the molecule is COCCN(CCCc1ccccc1)C(=O)c1cc(C(=O)O)co1. The largest absolute Gasteiger partial charge is 0.478 e. The minimum absolute atomic E-state index is 0.0308. The maximum Gasteiger partial charge on any atom is 0.338 e. The molecule has 2 aromatic rings. The zero-order valence-electron chi connectivity index (χ0n) is 13.6. The number of carbonyl (C=O) groups is 2. The van der Waals surface area contributed by atoms with Gasteiger partial charge in [-0.15, -0.1) is 0 Å². The molecule has 6 heteroatoms. The molecule has 1 amide bonds. The summed E-state index contributed by atoms with van der Waals surface area (Å²) in [5, 5.41) is 8.92. The highest BCUT2D eigenvalue weighted by Crippen LogP contribution is 2.12. The summed E-state index contributed by atoms with van der Waals surface area (Å²) in [5.74, 6) is -1.42. The van der Waals surface area contributed by atoms with E-state index >= 15 is 0 Å². The molecule has 0 saturated heterocycles. The zero-order chi connectivity index (χ0) is 17.4. The highest BCUT2D eigenvalue weighted by molar-refractivity contribution is 5.95. The van der Waals surface area contributed by atoms with Gasteiger partial charge in [-0.25, -0.2) is 4.79 Å². The molecule has 2 rings (SSSR count). The Kier molecular flexibility index (Phi) is 6.57. The summed E-state index contributed by atoms with van der Waals surface area (Å²) in [7, 11) is 1.57. The average molecular weight is 331 g/mol. The Morgan fingerprint density at radius 3 is 2.58 bits per heavy atom. The number of hydrogen-bond acceptors (Lipinski definition) is 4. The lowest BCUT2D eigenvalue weighted by atomic mass is 10.1. The van der Waals surface area contributed by atoms with Crippen molar-refractivity contribution < 1.29 is 23.8 Å². The van der Waals surface area contributed by atoms with Crippen LogP contribution in [0, 0.1) is 0 Å². The molecule has 0 bridgehead atoms. The van der Waals surface area contributed by atoms with E-state index in [1.54, 1.807) is 12.0 Å². The van der Waals surface area contributed by atoms with E-state index in [1.165, 1.54) is 11.6 Å². The number of nitrogens with zero attached hydrogens (tertiary/aromatic N) is 1. The standard InChI is InChI=1S/C18H21NO5/c1-23-11-10-19(9-5-8-14-6-3-2-4-7-14)17(20)16-12-15(13-24-16)18(21)22/h2-4,6-7,12-13H,5,8-11H2,1H3,(H,21,22). The predicted molar refractivity (Wildman–Crippen MR) is 88.2 cm³/mol. The Bertz CT molecular complexity index is 665. The summed E-state index contributed by atoms with van der Waals surface area (Å²) in [6.45, 7) is 1.37. The molecule has 1 aromatic heterocycles. The van der Waals surface area contributed by atoms with Crippen LogP contribution < -0.4 is 0 Å². The van der Waals surface area contributed by atoms with Crippen LogP contribution in [-0.4, -0.2) is 48.7 Å². The van der Waals surface area contributed by atoms with Crippen LogP contribution in [0.2, 0.25) is 0 Å². The summed E-state index contributed by atoms with van der Waals surface area (Å²) in [6.07, 6.45) is 2.73. The molecular weight excluding hydrogens is 310 g/mol. The van der Waals surface area contributed by atoms with E-state index in [2.05, 4.69) is 0 Å². The third kappa shape index (κ3) is 4.96. The number of carboxylic acids is 1. The number of rotatable bonds is 9. The normalized spacial score (nSPS) is 10.5. The summed E-state index contributed by atoms with van der Waals surface area (Å²) in [6, 6.07) is 11.3. The molecule has 24 heavy (non-hydrogen) atoms. The predicted octanol–water partition coefficient (Wildman–Crippen LogP) is 2.70. The van der Waals surface area contributed by atoms with Crippen LogP contribution in [0.15, 0.2) is 47.1 Å². The molecule has 128 valence electrons. The first-order valence-corrected chi connectivity index (χ1v) is 7.75. The highest BCUT2D eigenvalue weighted by atomic mass is 16.5. The number of hydrogen-bond donors (Lipinski definition) is 1. The van der Waals surface area contributed by atoms with Crippen molar-refractivity contribution in [1.29, 1.82) is 0 Å². The van der Waals surface area contributed by atoms with E-state index in [9.17, 15) is 9.59 Å². The minimum atomic E-state index is -1.12. The smallest absolute Gasteiger partial charge is 0.338 e. The second-order valence-corrected chi connectivity index (χ2v) is 5.38. The van der Waals surface area contributed by atoms with Crippen LogP contribution in [0.4, 0.5) is 0 Å². The Morgan fingerprint density at radius 1 is 1.21 bits per heavy atom. The molecule has 1 heterocycles. The summed E-state index contributed by atoms with van der Waals surface area (Å²) >= 11 is 0. The lowest BCUT2D eigenvalue weighted by Gasteiger charge is -2.21. The number of furan rings is 1. The van der Waals surface area contributed by atoms with Gasteiger partial charge in [-0.3, -0.25) is 4.79 Å². The Morgan fingerprint density at radius 2 is 1.96 bits per heavy atom. The molecule has 1 aromatic carbocycles. The van der Waals surface area contributed by atoms with Gasteiger partial charge in [-0.05, 0) is 18.4 Å². The van der Waals surface area contributed by atoms with Gasteiger partial charge in [0.25, 0.3) is 5.91 Å². The first-order chi connectivity index (χ1) is 11.6. The van der Waals surface area contributed by atoms with Crippen molar-refractivity contribution in [1.82, 2.24) is 4.90 Å². The minimum Gasteiger partial charge on any atom is -0.478 e. The van der Waals surface area contributed by atoms with Gasteiger partial charge in [0.05, 0.1) is 12.2 Å². The lowest BCUT2D eigenvalue weighted by molar-refractivity contribution is 0.0661. The van der Waals surface area contributed by atoms with E-state index in [0.717, 1.165) is 19.1 Å². The molecule has 0 aliphatic carbocycles. The van der Waals surface area contributed by atoms with Crippen molar-refractivity contribution in [2.75, 3.05) is 26.8 Å². The van der Waals surface area contributed by atoms with Gasteiger partial charge in [0.15, 0.2) is 5.76 Å². The van der Waals surface area contributed by atoms with Gasteiger partial charge in [0.1, 0.15) is 6.26 Å². The summed E-state index contributed by atoms with van der Waals surface area (Å²) in [4.78, 5) is 25.0. The summed E-state index contributed by atoms with van der Waals surface area (Å²) < 4.78 is 10.1. The Hall–Kier alpha value is -2.60. The molecule has 0 fully saturated rings. The zero-order valence-corrected chi connectivity index (χ0v) is 13.6. The Balaban J connectivity index is 1.97. The monoisotopic (exact) mass is 331 g/mol. The quantitative estimate of drug-likeness (QED) is 0.764. The number of ether oxygens (including phenoxy) is 1. The second kappa shape index (κ2) is 8.88. The molecule has 0 aliphatic heterocycles. The van der Waals surface area contributed by atoms with Gasteiger partial charge in [-0.2, -0.15) is 0 Å². The number of carboxylic acid groups (broad SMARTS) is 1. The van der Waals surface area contributed by atoms with Crippen molar-refractivity contribution in [3.05, 3.63) is 59.5 Å². The third-order valence-electron chi connectivity index (χ3n) is 3.65. The topological polar surface area (TPSA) is 80.0 Å². The number of benzene rings is 1. The van der Waals surface area contributed by atoms with Crippen LogP contribution in [0.1, 0.15) is 32.9 Å². The first kappa shape index (κ1) is 17.7. The van der Waals surface area contributed by atoms with Gasteiger partial charge >= 0.3 is 5.97 Å². The first-order valence-electron chi connectivity index (χ1n) is 7.75. The fourth-order valence-electron chi connectivity index (χ4n) is 2.35. The van der Waals surface area contributed by atoms with Crippen LogP contribution in [0.3, 0.4) is 0 Å². The molecule has 6 nitrogen and oxygen atoms in total. The van der Waals surface area contributed by atoms with Crippen molar-refractivity contribution in [3.8, 4) is 0 Å². The van der Waals surface area contributed by atoms with Gasteiger partial charge in [0.2, 0.25) is 0 Å². The molecule has 1 N–H and O–H groups in total. The van der Waals surface area contributed by atoms with Crippen LogP contribution in [0.25, 0.3) is 0 Å². The molecule has 0 saturated carbocycles. The van der Waals surface area contributed by atoms with Crippen LogP contribution in [0.5, 0.6) is 0 Å². The number of amides is 1. The number of aromatic carboxylic acids is 1. The van der Waals surface area contributed by atoms with E-state index in [-0.39, 0.29) is 17.2 Å². The van der Waals surface area contributed by atoms with Gasteiger partial charge in [-0.1, -0.05) is 30.3 Å². The molecule has 0 atom stereocenters. The van der Waals surface area contributed by atoms with Crippen molar-refractivity contribution >= 4 is 11.9 Å². The van der Waals surface area contributed by atoms with Crippen molar-refractivity contribution in [2.24, 2.45) is 0 Å². The van der Waals surface area contributed by atoms with Crippen molar-refractivity contribution in [3.63, 3.8) is 0 Å². The fourth-order valence-corrected chi connectivity index (χ4v) is 2.35. The molecular formula is C18H21NO5. The number of methoxy groups -OCH3 is 1. The number of carbonyl (C=O) groups excluding carboxylic acids is 1. The van der Waals surface area contributed by atoms with Crippen LogP contribution in [-0.2, 0) is 11.2 Å². The number of aryl methyl sites for hydroxylation is 1.